The number of aromatic nitrogens is 1. The number of hydrogen-bond acceptors (Lipinski definition) is 6. The summed E-state index contributed by atoms with van der Waals surface area (Å²) in [6.07, 6.45) is 0. The molecule has 1 amide bonds. The molecule has 1 N–H and O–H groups in total. The van der Waals surface area contributed by atoms with E-state index in [1.54, 1.807) is 0 Å². The van der Waals surface area contributed by atoms with Crippen LogP contribution in [0.1, 0.15) is 0 Å². The first-order chi connectivity index (χ1) is 13.5. The molecule has 0 aliphatic carbocycles. The maximum Gasteiger partial charge on any atom is 0.305 e. The van der Waals surface area contributed by atoms with E-state index in [1.807, 2.05) is 36.4 Å². The van der Waals surface area contributed by atoms with Crippen molar-refractivity contribution in [3.63, 3.8) is 0 Å². The average molecular weight is 397 g/mol. The highest BCUT2D eigenvalue weighted by Crippen LogP contribution is 2.31. The maximum atomic E-state index is 13.6. The molecule has 7 nitrogen and oxygen atoms in total. The Balaban J connectivity index is 1.46. The van der Waals surface area contributed by atoms with Crippen molar-refractivity contribution in [3.8, 4) is 5.75 Å². The molecule has 0 aliphatic heterocycles. The minimum Gasteiger partial charge on any atom is -0.484 e. The number of benzene rings is 3. The Hall–Kier alpha value is -3.59. The zero-order chi connectivity index (χ0) is 19.7. The smallest absolute Gasteiger partial charge is 0.305 e. The summed E-state index contributed by atoms with van der Waals surface area (Å²) >= 11 is 1.34. The Morgan fingerprint density at radius 1 is 1.21 bits per heavy atom. The fourth-order valence-corrected chi connectivity index (χ4v) is 3.64. The topological polar surface area (TPSA) is 94.4 Å². The Kier molecular flexibility index (Phi) is 4.58. The zero-order valence-electron chi connectivity index (χ0n) is 14.2. The molecule has 9 heteroatoms. The van der Waals surface area contributed by atoms with Crippen LogP contribution in [-0.4, -0.2) is 22.4 Å². The van der Waals surface area contributed by atoms with Gasteiger partial charge in [-0.25, -0.2) is 4.98 Å². The summed E-state index contributed by atoms with van der Waals surface area (Å²) in [5.41, 5.74) is 0.148. The number of hydrogen-bond donors (Lipinski definition) is 1. The van der Waals surface area contributed by atoms with Crippen LogP contribution in [0.2, 0.25) is 0 Å². The van der Waals surface area contributed by atoms with Crippen molar-refractivity contribution in [2.75, 3.05) is 11.9 Å². The molecule has 0 saturated carbocycles. The Morgan fingerprint density at radius 3 is 2.82 bits per heavy atom. The van der Waals surface area contributed by atoms with Crippen LogP contribution >= 0.6 is 11.3 Å². The summed E-state index contributed by atoms with van der Waals surface area (Å²) in [4.78, 5) is 26.4. The molecule has 0 atom stereocenters. The average Bonchev–Trinajstić information content (AvgIpc) is 3.09. The second kappa shape index (κ2) is 7.20. The highest BCUT2D eigenvalue weighted by molar-refractivity contribution is 7.22. The summed E-state index contributed by atoms with van der Waals surface area (Å²) in [5, 5.41) is 15.7. The van der Waals surface area contributed by atoms with Gasteiger partial charge in [0.05, 0.1) is 15.1 Å². The van der Waals surface area contributed by atoms with Crippen molar-refractivity contribution in [1.29, 1.82) is 0 Å². The number of nitrogens with zero attached hydrogens (tertiary/aromatic N) is 2. The lowest BCUT2D eigenvalue weighted by atomic mass is 10.1. The van der Waals surface area contributed by atoms with Crippen molar-refractivity contribution in [1.82, 2.24) is 4.98 Å². The van der Waals surface area contributed by atoms with Gasteiger partial charge in [-0.1, -0.05) is 41.7 Å². The molecule has 0 bridgehead atoms. The lowest BCUT2D eigenvalue weighted by Crippen LogP contribution is -2.20. The number of halogens is 1. The van der Waals surface area contributed by atoms with E-state index < -0.39 is 22.3 Å². The lowest BCUT2D eigenvalue weighted by molar-refractivity contribution is -0.387. The van der Waals surface area contributed by atoms with E-state index in [0.29, 0.717) is 5.13 Å². The van der Waals surface area contributed by atoms with Gasteiger partial charge in [-0.05, 0) is 17.5 Å². The Morgan fingerprint density at radius 2 is 2.04 bits per heavy atom. The third kappa shape index (κ3) is 3.47. The van der Waals surface area contributed by atoms with E-state index in [4.69, 9.17) is 4.74 Å². The summed E-state index contributed by atoms with van der Waals surface area (Å²) < 4.78 is 19.7. The van der Waals surface area contributed by atoms with Crippen LogP contribution in [0.15, 0.2) is 54.6 Å². The summed E-state index contributed by atoms with van der Waals surface area (Å²) in [5.74, 6) is -1.48. The number of nitro benzene ring substituents is 1. The normalized spacial score (nSPS) is 10.9. The molecule has 0 spiro atoms. The van der Waals surface area contributed by atoms with Gasteiger partial charge >= 0.3 is 5.69 Å². The number of nitro groups is 1. The second-order valence-corrected chi connectivity index (χ2v) is 6.89. The minimum atomic E-state index is -1.03. The van der Waals surface area contributed by atoms with Gasteiger partial charge in [0.25, 0.3) is 5.91 Å². The van der Waals surface area contributed by atoms with Gasteiger partial charge in [0.1, 0.15) is 5.75 Å². The first-order valence-corrected chi connectivity index (χ1v) is 8.98. The van der Waals surface area contributed by atoms with Gasteiger partial charge in [-0.15, -0.1) is 0 Å². The molecule has 4 rings (SSSR count). The van der Waals surface area contributed by atoms with Gasteiger partial charge in [0.15, 0.2) is 11.7 Å². The predicted molar refractivity (Wildman–Crippen MR) is 104 cm³/mol. The van der Waals surface area contributed by atoms with Crippen LogP contribution in [0.3, 0.4) is 0 Å². The van der Waals surface area contributed by atoms with Gasteiger partial charge in [-0.2, -0.15) is 4.39 Å². The Bertz CT molecular complexity index is 1220. The molecule has 0 unspecified atom stereocenters. The molecule has 28 heavy (non-hydrogen) atoms. The van der Waals surface area contributed by atoms with E-state index in [-0.39, 0.29) is 12.4 Å². The number of amides is 1. The van der Waals surface area contributed by atoms with Crippen molar-refractivity contribution in [2.24, 2.45) is 0 Å². The quantitative estimate of drug-likeness (QED) is 0.395. The van der Waals surface area contributed by atoms with Gasteiger partial charge in [-0.3, -0.25) is 20.2 Å². The van der Waals surface area contributed by atoms with Crippen LogP contribution in [-0.2, 0) is 4.79 Å². The van der Waals surface area contributed by atoms with Crippen molar-refractivity contribution in [3.05, 3.63) is 70.5 Å². The SMILES string of the molecule is O=C(COc1ccc([N+](=O)[O-])c(F)c1)Nc1nc2c(ccc3ccccc32)s1. The first-order valence-electron chi connectivity index (χ1n) is 8.16. The second-order valence-electron chi connectivity index (χ2n) is 5.86. The number of nitrogens with one attached hydrogen (secondary N) is 1. The number of fused-ring (bicyclic) bond motifs is 3. The number of carbonyl (C=O) groups excluding carboxylic acids is 1. The minimum absolute atomic E-state index is 0.0218. The van der Waals surface area contributed by atoms with Gasteiger partial charge in [0, 0.05) is 17.5 Å². The molecular weight excluding hydrogens is 385 g/mol. The lowest BCUT2D eigenvalue weighted by Gasteiger charge is -2.05. The number of ether oxygens (including phenoxy) is 1. The maximum absolute atomic E-state index is 13.6. The number of rotatable bonds is 5. The van der Waals surface area contributed by atoms with Crippen LogP contribution in [0.25, 0.3) is 21.0 Å². The van der Waals surface area contributed by atoms with Crippen LogP contribution in [0.4, 0.5) is 15.2 Å². The molecule has 0 radical (unpaired) electrons. The highest BCUT2D eigenvalue weighted by atomic mass is 32.1. The molecule has 1 heterocycles. The fourth-order valence-electron chi connectivity index (χ4n) is 2.74. The summed E-state index contributed by atoms with van der Waals surface area (Å²) in [7, 11) is 0. The number of anilines is 1. The van der Waals surface area contributed by atoms with E-state index in [1.165, 1.54) is 17.4 Å². The van der Waals surface area contributed by atoms with Crippen LogP contribution in [0.5, 0.6) is 5.75 Å². The van der Waals surface area contributed by atoms with E-state index >= 15 is 0 Å². The van der Waals surface area contributed by atoms with E-state index in [2.05, 4.69) is 10.3 Å². The summed E-state index contributed by atoms with van der Waals surface area (Å²) in [6, 6.07) is 14.9. The number of carbonyl (C=O) groups is 1. The molecule has 4 aromatic rings. The largest absolute Gasteiger partial charge is 0.484 e. The van der Waals surface area contributed by atoms with Gasteiger partial charge < -0.3 is 4.74 Å². The molecule has 0 aliphatic rings. The predicted octanol–water partition coefficient (Wildman–Crippen LogP) is 4.51. The third-order valence-corrected chi connectivity index (χ3v) is 4.95. The van der Waals surface area contributed by atoms with Crippen molar-refractivity contribution in [2.45, 2.75) is 0 Å². The van der Waals surface area contributed by atoms with Crippen LogP contribution in [0, 0.1) is 15.9 Å². The van der Waals surface area contributed by atoms with Crippen molar-refractivity contribution >= 4 is 49.1 Å². The third-order valence-electron chi connectivity index (χ3n) is 4.02. The molecule has 0 saturated heterocycles. The number of thiazole rings is 1. The summed E-state index contributed by atoms with van der Waals surface area (Å²) in [6.45, 7) is -0.381. The monoisotopic (exact) mass is 397 g/mol. The first kappa shape index (κ1) is 17.8. The molecule has 3 aromatic carbocycles. The van der Waals surface area contributed by atoms with E-state index in [9.17, 15) is 19.3 Å². The fraction of sp³-hybridized carbons (Fsp3) is 0.0526. The highest BCUT2D eigenvalue weighted by Gasteiger charge is 2.15. The molecule has 140 valence electrons. The Labute approximate surface area is 161 Å². The van der Waals surface area contributed by atoms with E-state index in [0.717, 1.165) is 33.1 Å². The van der Waals surface area contributed by atoms with Crippen molar-refractivity contribution < 1.29 is 18.8 Å². The van der Waals surface area contributed by atoms with Crippen LogP contribution < -0.4 is 10.1 Å². The molecule has 1 aromatic heterocycles. The standard InChI is InChI=1S/C19H12FN3O4S/c20-14-9-12(6-7-15(14)23(25)26)27-10-17(24)21-19-22-18-13-4-2-1-3-11(13)5-8-16(18)28-19/h1-9H,10H2,(H,21,22,24). The molecular formula is C19H12FN3O4S. The van der Waals surface area contributed by atoms with Gasteiger partial charge in [0.2, 0.25) is 5.82 Å². The zero-order valence-corrected chi connectivity index (χ0v) is 15.0. The molecule has 0 fully saturated rings.